The van der Waals surface area contributed by atoms with Crippen molar-refractivity contribution in [3.8, 4) is 0 Å². The van der Waals surface area contributed by atoms with Crippen LogP contribution in [0, 0.1) is 0 Å². The van der Waals surface area contributed by atoms with Gasteiger partial charge < -0.3 is 10.6 Å². The standard InChI is InChI=1S/C19H20N2O/c1-13(2)15-9-5-7-11-17(15)20-19(22)21-18-12-8-6-10-16(18)14(3)4/h5-12H,1,3H2,2,4H3,(H2,20,21,22). The summed E-state index contributed by atoms with van der Waals surface area (Å²) in [5, 5.41) is 5.73. The van der Waals surface area contributed by atoms with Crippen molar-refractivity contribution >= 4 is 28.6 Å². The lowest BCUT2D eigenvalue weighted by Gasteiger charge is -2.14. The van der Waals surface area contributed by atoms with Crippen LogP contribution < -0.4 is 10.6 Å². The Bertz CT molecular complexity index is 670. The van der Waals surface area contributed by atoms with Crippen LogP contribution in [-0.2, 0) is 0 Å². The van der Waals surface area contributed by atoms with E-state index < -0.39 is 0 Å². The third-order valence-corrected chi connectivity index (χ3v) is 3.27. The molecular weight excluding hydrogens is 272 g/mol. The highest BCUT2D eigenvalue weighted by molar-refractivity contribution is 6.02. The van der Waals surface area contributed by atoms with Gasteiger partial charge in [-0.15, -0.1) is 0 Å². The van der Waals surface area contributed by atoms with Crippen molar-refractivity contribution < 1.29 is 4.79 Å². The summed E-state index contributed by atoms with van der Waals surface area (Å²) >= 11 is 0. The van der Waals surface area contributed by atoms with Crippen molar-refractivity contribution in [2.45, 2.75) is 13.8 Å². The van der Waals surface area contributed by atoms with Crippen LogP contribution in [0.3, 0.4) is 0 Å². The zero-order valence-electron chi connectivity index (χ0n) is 12.9. The molecule has 2 aromatic rings. The van der Waals surface area contributed by atoms with Crippen molar-refractivity contribution in [2.24, 2.45) is 0 Å². The van der Waals surface area contributed by atoms with Crippen LogP contribution in [-0.4, -0.2) is 6.03 Å². The van der Waals surface area contributed by atoms with Crippen LogP contribution in [0.5, 0.6) is 0 Å². The highest BCUT2D eigenvalue weighted by atomic mass is 16.2. The summed E-state index contributed by atoms with van der Waals surface area (Å²) in [6, 6.07) is 14.9. The van der Waals surface area contributed by atoms with Crippen molar-refractivity contribution in [1.29, 1.82) is 0 Å². The summed E-state index contributed by atoms with van der Waals surface area (Å²) in [6.45, 7) is 11.7. The van der Waals surface area contributed by atoms with E-state index >= 15 is 0 Å². The Morgan fingerprint density at radius 3 is 1.50 bits per heavy atom. The highest BCUT2D eigenvalue weighted by Gasteiger charge is 2.09. The number of hydrogen-bond acceptors (Lipinski definition) is 1. The quantitative estimate of drug-likeness (QED) is 0.778. The Labute approximate surface area is 131 Å². The Hall–Kier alpha value is -2.81. The predicted octanol–water partition coefficient (Wildman–Crippen LogP) is 5.40. The van der Waals surface area contributed by atoms with E-state index in [9.17, 15) is 4.79 Å². The number of nitrogens with one attached hydrogen (secondary N) is 2. The summed E-state index contributed by atoms with van der Waals surface area (Å²) < 4.78 is 0. The maximum Gasteiger partial charge on any atom is 0.323 e. The number of benzene rings is 2. The molecule has 112 valence electrons. The van der Waals surface area contributed by atoms with Gasteiger partial charge in [-0.2, -0.15) is 0 Å². The molecule has 22 heavy (non-hydrogen) atoms. The Kier molecular flexibility index (Phi) is 4.79. The SMILES string of the molecule is C=C(C)c1ccccc1NC(=O)Nc1ccccc1C(=C)C. The number of hydrogen-bond donors (Lipinski definition) is 2. The maximum absolute atomic E-state index is 12.2. The van der Waals surface area contributed by atoms with Gasteiger partial charge >= 0.3 is 6.03 Å². The van der Waals surface area contributed by atoms with Crippen molar-refractivity contribution in [1.82, 2.24) is 0 Å². The smallest absolute Gasteiger partial charge is 0.307 e. The molecule has 0 atom stereocenters. The molecule has 0 fully saturated rings. The molecule has 2 amide bonds. The fourth-order valence-electron chi connectivity index (χ4n) is 2.20. The topological polar surface area (TPSA) is 41.1 Å². The van der Waals surface area contributed by atoms with Gasteiger partial charge in [0, 0.05) is 22.5 Å². The summed E-state index contributed by atoms with van der Waals surface area (Å²) in [5.41, 5.74) is 5.12. The summed E-state index contributed by atoms with van der Waals surface area (Å²) in [4.78, 5) is 12.2. The Morgan fingerprint density at radius 2 is 1.14 bits per heavy atom. The molecule has 0 unspecified atom stereocenters. The summed E-state index contributed by atoms with van der Waals surface area (Å²) in [6.07, 6.45) is 0. The number of amides is 2. The van der Waals surface area contributed by atoms with E-state index in [4.69, 9.17) is 0 Å². The average molecular weight is 292 g/mol. The number of urea groups is 1. The van der Waals surface area contributed by atoms with Gasteiger partial charge in [0.15, 0.2) is 0 Å². The van der Waals surface area contributed by atoms with Gasteiger partial charge in [-0.05, 0) is 37.1 Å². The van der Waals surface area contributed by atoms with E-state index in [0.29, 0.717) is 0 Å². The molecule has 3 nitrogen and oxygen atoms in total. The molecule has 0 saturated carbocycles. The minimum Gasteiger partial charge on any atom is -0.307 e. The van der Waals surface area contributed by atoms with Crippen molar-refractivity contribution in [3.05, 3.63) is 72.8 Å². The van der Waals surface area contributed by atoms with Crippen LogP contribution in [0.2, 0.25) is 0 Å². The van der Waals surface area contributed by atoms with Crippen LogP contribution in [0.25, 0.3) is 11.1 Å². The van der Waals surface area contributed by atoms with Gasteiger partial charge in [-0.3, -0.25) is 0 Å². The number of para-hydroxylation sites is 2. The predicted molar refractivity (Wildman–Crippen MR) is 94.9 cm³/mol. The number of carbonyl (C=O) groups excluding carboxylic acids is 1. The molecule has 2 rings (SSSR count). The molecule has 0 bridgehead atoms. The molecule has 0 aromatic heterocycles. The van der Waals surface area contributed by atoms with E-state index in [2.05, 4.69) is 23.8 Å². The molecule has 0 heterocycles. The summed E-state index contributed by atoms with van der Waals surface area (Å²) in [5.74, 6) is 0. The second-order valence-corrected chi connectivity index (χ2v) is 5.23. The summed E-state index contributed by atoms with van der Waals surface area (Å²) in [7, 11) is 0. The zero-order valence-corrected chi connectivity index (χ0v) is 12.9. The molecule has 3 heteroatoms. The van der Waals surface area contributed by atoms with E-state index in [1.54, 1.807) is 0 Å². The normalized spacial score (nSPS) is 9.91. The fraction of sp³-hybridized carbons (Fsp3) is 0.105. The van der Waals surface area contributed by atoms with E-state index in [1.165, 1.54) is 0 Å². The first-order chi connectivity index (χ1) is 10.5. The largest absolute Gasteiger partial charge is 0.323 e. The number of rotatable bonds is 4. The third-order valence-electron chi connectivity index (χ3n) is 3.27. The van der Waals surface area contributed by atoms with Crippen LogP contribution in [0.1, 0.15) is 25.0 Å². The van der Waals surface area contributed by atoms with Gasteiger partial charge in [0.1, 0.15) is 0 Å². The molecule has 2 aromatic carbocycles. The molecular formula is C19H20N2O. The molecule has 0 aliphatic heterocycles. The van der Waals surface area contributed by atoms with Crippen LogP contribution in [0.4, 0.5) is 16.2 Å². The Morgan fingerprint density at radius 1 is 0.773 bits per heavy atom. The zero-order chi connectivity index (χ0) is 16.1. The minimum absolute atomic E-state index is 0.289. The van der Waals surface area contributed by atoms with E-state index in [1.807, 2.05) is 62.4 Å². The number of anilines is 2. The highest BCUT2D eigenvalue weighted by Crippen LogP contribution is 2.24. The molecule has 0 saturated heterocycles. The van der Waals surface area contributed by atoms with Crippen LogP contribution >= 0.6 is 0 Å². The average Bonchev–Trinajstić information content (AvgIpc) is 2.47. The first kappa shape index (κ1) is 15.6. The number of carbonyl (C=O) groups is 1. The maximum atomic E-state index is 12.2. The molecule has 0 spiro atoms. The van der Waals surface area contributed by atoms with Gasteiger partial charge in [0.25, 0.3) is 0 Å². The molecule has 0 aliphatic rings. The van der Waals surface area contributed by atoms with Crippen molar-refractivity contribution in [2.75, 3.05) is 10.6 Å². The minimum atomic E-state index is -0.289. The molecule has 0 radical (unpaired) electrons. The molecule has 2 N–H and O–H groups in total. The van der Waals surface area contributed by atoms with E-state index in [0.717, 1.165) is 33.6 Å². The fourth-order valence-corrected chi connectivity index (χ4v) is 2.20. The second-order valence-electron chi connectivity index (χ2n) is 5.23. The van der Waals surface area contributed by atoms with Crippen LogP contribution in [0.15, 0.2) is 61.7 Å². The van der Waals surface area contributed by atoms with Gasteiger partial charge in [-0.1, -0.05) is 49.6 Å². The molecule has 0 aliphatic carbocycles. The third kappa shape index (κ3) is 3.64. The first-order valence-corrected chi connectivity index (χ1v) is 7.07. The Balaban J connectivity index is 2.18. The first-order valence-electron chi connectivity index (χ1n) is 7.07. The van der Waals surface area contributed by atoms with Gasteiger partial charge in [0.05, 0.1) is 0 Å². The second kappa shape index (κ2) is 6.76. The van der Waals surface area contributed by atoms with Crippen molar-refractivity contribution in [3.63, 3.8) is 0 Å². The number of allylic oxidation sites excluding steroid dienone is 2. The van der Waals surface area contributed by atoms with Gasteiger partial charge in [0.2, 0.25) is 0 Å². The lowest BCUT2D eigenvalue weighted by molar-refractivity contribution is 0.262. The van der Waals surface area contributed by atoms with E-state index in [-0.39, 0.29) is 6.03 Å². The lowest BCUT2D eigenvalue weighted by Crippen LogP contribution is -2.20. The monoisotopic (exact) mass is 292 g/mol. The lowest BCUT2D eigenvalue weighted by atomic mass is 10.1. The van der Waals surface area contributed by atoms with Gasteiger partial charge in [-0.25, -0.2) is 4.79 Å².